The Morgan fingerprint density at radius 2 is 2.00 bits per heavy atom. The zero-order valence-corrected chi connectivity index (χ0v) is 11.2. The first-order valence-electron chi connectivity index (χ1n) is 5.46. The zero-order valence-electron chi connectivity index (χ0n) is 9.60. The van der Waals surface area contributed by atoms with Gasteiger partial charge < -0.3 is 10.6 Å². The second-order valence-corrected chi connectivity index (χ2v) is 4.56. The van der Waals surface area contributed by atoms with Crippen LogP contribution >= 0.6 is 15.9 Å². The molecule has 0 unspecified atom stereocenters. The highest BCUT2D eigenvalue weighted by Crippen LogP contribution is 2.29. The van der Waals surface area contributed by atoms with Gasteiger partial charge in [0.05, 0.1) is 5.69 Å². The molecule has 2 rings (SSSR count). The van der Waals surface area contributed by atoms with Crippen molar-refractivity contribution in [2.75, 3.05) is 17.2 Å². The monoisotopic (exact) mass is 291 g/mol. The van der Waals surface area contributed by atoms with E-state index in [4.69, 9.17) is 5.73 Å². The smallest absolute Gasteiger partial charge is 0.156 e. The van der Waals surface area contributed by atoms with Gasteiger partial charge in [0.1, 0.15) is 0 Å². The number of para-hydroxylation sites is 1. The van der Waals surface area contributed by atoms with Gasteiger partial charge in [-0.15, -0.1) is 0 Å². The number of hydrogen-bond acceptors (Lipinski definition) is 3. The lowest BCUT2D eigenvalue weighted by atomic mass is 10.2. The van der Waals surface area contributed by atoms with Crippen LogP contribution in [0.2, 0.25) is 0 Å². The van der Waals surface area contributed by atoms with Gasteiger partial charge in [0.2, 0.25) is 0 Å². The summed E-state index contributed by atoms with van der Waals surface area (Å²) in [6.45, 7) is 2.90. The number of anilines is 3. The molecule has 0 aliphatic heterocycles. The van der Waals surface area contributed by atoms with Crippen LogP contribution in [0.5, 0.6) is 0 Å². The van der Waals surface area contributed by atoms with Gasteiger partial charge in [-0.25, -0.2) is 4.98 Å². The molecule has 4 heteroatoms. The molecule has 0 bridgehead atoms. The van der Waals surface area contributed by atoms with Crippen molar-refractivity contribution in [3.05, 3.63) is 47.1 Å². The molecule has 1 heterocycles. The third kappa shape index (κ3) is 2.58. The fourth-order valence-electron chi connectivity index (χ4n) is 1.74. The first kappa shape index (κ1) is 11.9. The van der Waals surface area contributed by atoms with Crippen LogP contribution < -0.4 is 10.6 Å². The highest BCUT2D eigenvalue weighted by atomic mass is 79.9. The molecule has 3 nitrogen and oxygen atoms in total. The fourth-order valence-corrected chi connectivity index (χ4v) is 2.08. The summed E-state index contributed by atoms with van der Waals surface area (Å²) in [5, 5.41) is 0. The lowest BCUT2D eigenvalue weighted by Crippen LogP contribution is -2.18. The molecule has 88 valence electrons. The number of pyridine rings is 1. The molecular weight excluding hydrogens is 278 g/mol. The predicted molar refractivity (Wildman–Crippen MR) is 75.5 cm³/mol. The minimum atomic E-state index is 0.671. The minimum absolute atomic E-state index is 0.671. The van der Waals surface area contributed by atoms with E-state index >= 15 is 0 Å². The molecule has 0 amide bonds. The van der Waals surface area contributed by atoms with E-state index in [-0.39, 0.29) is 0 Å². The highest BCUT2D eigenvalue weighted by Gasteiger charge is 2.11. The molecule has 2 aromatic rings. The van der Waals surface area contributed by atoms with Crippen LogP contribution in [-0.4, -0.2) is 11.5 Å². The first-order chi connectivity index (χ1) is 8.22. The number of hydrogen-bond donors (Lipinski definition) is 1. The molecule has 0 fully saturated rings. The van der Waals surface area contributed by atoms with Crippen molar-refractivity contribution >= 4 is 33.1 Å². The van der Waals surface area contributed by atoms with Gasteiger partial charge in [0.15, 0.2) is 5.82 Å². The van der Waals surface area contributed by atoms with Crippen molar-refractivity contribution in [1.29, 1.82) is 0 Å². The number of halogens is 1. The summed E-state index contributed by atoms with van der Waals surface area (Å²) in [6, 6.07) is 12.0. The van der Waals surface area contributed by atoms with Crippen LogP contribution in [0.1, 0.15) is 6.92 Å². The maximum absolute atomic E-state index is 6.00. The third-order valence-electron chi connectivity index (χ3n) is 2.50. The standard InChI is InChI=1S/C13H14BrN3/c1-2-17(11-6-4-3-5-7-11)13-12(15)8-10(14)9-16-13/h3-9H,2,15H2,1H3. The van der Waals surface area contributed by atoms with E-state index in [9.17, 15) is 0 Å². The maximum Gasteiger partial charge on any atom is 0.156 e. The van der Waals surface area contributed by atoms with Crippen LogP contribution in [0.3, 0.4) is 0 Å². The molecule has 0 atom stereocenters. The van der Waals surface area contributed by atoms with Crippen molar-refractivity contribution in [3.63, 3.8) is 0 Å². The number of rotatable bonds is 3. The van der Waals surface area contributed by atoms with E-state index in [0.717, 1.165) is 22.5 Å². The largest absolute Gasteiger partial charge is 0.396 e. The topological polar surface area (TPSA) is 42.2 Å². The summed E-state index contributed by atoms with van der Waals surface area (Å²) in [4.78, 5) is 6.46. The number of nitrogens with zero attached hydrogens (tertiary/aromatic N) is 2. The molecule has 0 saturated heterocycles. The van der Waals surface area contributed by atoms with Crippen LogP contribution in [0.4, 0.5) is 17.2 Å². The average Bonchev–Trinajstić information content (AvgIpc) is 2.34. The average molecular weight is 292 g/mol. The van der Waals surface area contributed by atoms with E-state index in [1.54, 1.807) is 6.20 Å². The molecule has 2 N–H and O–H groups in total. The van der Waals surface area contributed by atoms with Crippen LogP contribution in [0.25, 0.3) is 0 Å². The molecule has 0 radical (unpaired) electrons. The number of nitrogens with two attached hydrogens (primary N) is 1. The number of aromatic nitrogens is 1. The Kier molecular flexibility index (Phi) is 3.64. The molecule has 1 aromatic carbocycles. The lowest BCUT2D eigenvalue weighted by molar-refractivity contribution is 0.991. The molecule has 0 aliphatic carbocycles. The predicted octanol–water partition coefficient (Wildman–Crippen LogP) is 3.58. The quantitative estimate of drug-likeness (QED) is 0.940. The third-order valence-corrected chi connectivity index (χ3v) is 2.94. The number of nitrogen functional groups attached to an aromatic ring is 1. The number of benzene rings is 1. The Morgan fingerprint density at radius 3 is 2.59 bits per heavy atom. The highest BCUT2D eigenvalue weighted by molar-refractivity contribution is 9.10. The minimum Gasteiger partial charge on any atom is -0.396 e. The zero-order chi connectivity index (χ0) is 12.3. The van der Waals surface area contributed by atoms with Gasteiger partial charge in [-0.2, -0.15) is 0 Å². The van der Waals surface area contributed by atoms with Crippen LogP contribution in [0, 0.1) is 0 Å². The van der Waals surface area contributed by atoms with Crippen LogP contribution in [-0.2, 0) is 0 Å². The Bertz CT molecular complexity index is 499. The second kappa shape index (κ2) is 5.19. The summed E-state index contributed by atoms with van der Waals surface area (Å²) >= 11 is 3.36. The Morgan fingerprint density at radius 1 is 1.29 bits per heavy atom. The van der Waals surface area contributed by atoms with Gasteiger partial charge >= 0.3 is 0 Å². The van der Waals surface area contributed by atoms with E-state index in [2.05, 4.69) is 32.7 Å². The maximum atomic E-state index is 6.00. The molecule has 0 saturated carbocycles. The van der Waals surface area contributed by atoms with Gasteiger partial charge in [-0.3, -0.25) is 0 Å². The van der Waals surface area contributed by atoms with Gasteiger partial charge in [-0.1, -0.05) is 18.2 Å². The first-order valence-corrected chi connectivity index (χ1v) is 6.25. The fraction of sp³-hybridized carbons (Fsp3) is 0.154. The molecular formula is C13H14BrN3. The lowest BCUT2D eigenvalue weighted by Gasteiger charge is -2.23. The van der Waals surface area contributed by atoms with E-state index in [1.165, 1.54) is 0 Å². The summed E-state index contributed by atoms with van der Waals surface area (Å²) < 4.78 is 0.892. The van der Waals surface area contributed by atoms with E-state index in [1.807, 2.05) is 36.4 Å². The van der Waals surface area contributed by atoms with Crippen molar-refractivity contribution in [2.24, 2.45) is 0 Å². The van der Waals surface area contributed by atoms with Gasteiger partial charge in [-0.05, 0) is 41.1 Å². The van der Waals surface area contributed by atoms with Gasteiger partial charge in [0, 0.05) is 22.9 Å². The SMILES string of the molecule is CCN(c1ccccc1)c1ncc(Br)cc1N. The van der Waals surface area contributed by atoms with Crippen molar-refractivity contribution in [2.45, 2.75) is 6.92 Å². The summed E-state index contributed by atoms with van der Waals surface area (Å²) in [7, 11) is 0. The Balaban J connectivity index is 2.42. The summed E-state index contributed by atoms with van der Waals surface area (Å²) in [5.41, 5.74) is 7.77. The van der Waals surface area contributed by atoms with Crippen molar-refractivity contribution in [1.82, 2.24) is 4.98 Å². The Hall–Kier alpha value is -1.55. The normalized spacial score (nSPS) is 10.2. The van der Waals surface area contributed by atoms with Crippen LogP contribution in [0.15, 0.2) is 47.1 Å². The van der Waals surface area contributed by atoms with Gasteiger partial charge in [0.25, 0.3) is 0 Å². The molecule has 0 spiro atoms. The molecule has 17 heavy (non-hydrogen) atoms. The molecule has 1 aromatic heterocycles. The van der Waals surface area contributed by atoms with Crippen molar-refractivity contribution < 1.29 is 0 Å². The molecule has 0 aliphatic rings. The van der Waals surface area contributed by atoms with E-state index in [0.29, 0.717) is 5.69 Å². The van der Waals surface area contributed by atoms with Crippen molar-refractivity contribution in [3.8, 4) is 0 Å². The summed E-state index contributed by atoms with van der Waals surface area (Å²) in [5.74, 6) is 0.793. The van der Waals surface area contributed by atoms with E-state index < -0.39 is 0 Å². The second-order valence-electron chi connectivity index (χ2n) is 3.65. The Labute approximate surface area is 109 Å². The summed E-state index contributed by atoms with van der Waals surface area (Å²) in [6.07, 6.45) is 1.76.